The quantitative estimate of drug-likeness (QED) is 0.446. The van der Waals surface area contributed by atoms with Crippen LogP contribution in [0.4, 0.5) is 5.82 Å². The van der Waals surface area contributed by atoms with Crippen molar-refractivity contribution in [2.24, 2.45) is 7.05 Å². The van der Waals surface area contributed by atoms with E-state index in [2.05, 4.69) is 10.6 Å². The van der Waals surface area contributed by atoms with Crippen molar-refractivity contribution >= 4 is 5.82 Å². The van der Waals surface area contributed by atoms with E-state index < -0.39 is 6.10 Å². The Hall–Kier alpha value is -2.62. The molecule has 1 aromatic heterocycles. The molecular formula is C20H31N5O4. The summed E-state index contributed by atoms with van der Waals surface area (Å²) >= 11 is 0. The summed E-state index contributed by atoms with van der Waals surface area (Å²) in [6, 6.07) is 9.32. The van der Waals surface area contributed by atoms with Gasteiger partial charge < -0.3 is 20.5 Å². The number of aliphatic hydroxyl groups is 1. The van der Waals surface area contributed by atoms with Crippen LogP contribution in [-0.4, -0.2) is 65.6 Å². The molecule has 2 aromatic rings. The van der Waals surface area contributed by atoms with Crippen LogP contribution in [0.5, 0.6) is 5.75 Å². The second-order valence-corrected chi connectivity index (χ2v) is 7.18. The van der Waals surface area contributed by atoms with Gasteiger partial charge in [-0.2, -0.15) is 0 Å². The lowest BCUT2D eigenvalue weighted by molar-refractivity contribution is 0.107. The van der Waals surface area contributed by atoms with Crippen LogP contribution in [0, 0.1) is 6.92 Å². The number of para-hydroxylation sites is 1. The van der Waals surface area contributed by atoms with E-state index in [1.807, 2.05) is 30.3 Å². The zero-order valence-electron chi connectivity index (χ0n) is 17.5. The second-order valence-electron chi connectivity index (χ2n) is 7.18. The molecule has 29 heavy (non-hydrogen) atoms. The molecule has 9 heteroatoms. The number of hydrogen-bond donors (Lipinski definition) is 3. The van der Waals surface area contributed by atoms with Gasteiger partial charge in [-0.15, -0.1) is 0 Å². The van der Waals surface area contributed by atoms with Gasteiger partial charge in [-0.1, -0.05) is 18.2 Å². The predicted octanol–water partition coefficient (Wildman–Crippen LogP) is -0.184. The average molecular weight is 405 g/mol. The summed E-state index contributed by atoms with van der Waals surface area (Å²) in [5.74, 6) is 1.22. The van der Waals surface area contributed by atoms with Crippen molar-refractivity contribution in [3.63, 3.8) is 0 Å². The van der Waals surface area contributed by atoms with E-state index in [1.54, 1.807) is 33.0 Å². The normalized spacial score (nSPS) is 12.2. The molecule has 0 amide bonds. The topological polar surface area (TPSA) is 101 Å². The summed E-state index contributed by atoms with van der Waals surface area (Å²) < 4.78 is 8.16. The molecule has 1 aromatic carbocycles. The Morgan fingerprint density at radius 1 is 1.17 bits per heavy atom. The minimum atomic E-state index is -0.642. The zero-order valence-corrected chi connectivity index (χ0v) is 17.5. The monoisotopic (exact) mass is 405 g/mol. The molecule has 160 valence electrons. The lowest BCUT2D eigenvalue weighted by Gasteiger charge is -2.18. The van der Waals surface area contributed by atoms with Gasteiger partial charge in [-0.05, 0) is 33.2 Å². The van der Waals surface area contributed by atoms with E-state index in [0.29, 0.717) is 36.8 Å². The van der Waals surface area contributed by atoms with Gasteiger partial charge in [0.2, 0.25) is 0 Å². The fraction of sp³-hybridized carbons (Fsp3) is 0.500. The highest BCUT2D eigenvalue weighted by molar-refractivity contribution is 5.42. The fourth-order valence-corrected chi connectivity index (χ4v) is 2.88. The van der Waals surface area contributed by atoms with Gasteiger partial charge in [0, 0.05) is 26.7 Å². The Bertz CT molecular complexity index is 855. The van der Waals surface area contributed by atoms with E-state index in [-0.39, 0.29) is 24.5 Å². The number of aliphatic hydroxyl groups excluding tert-OH is 1. The third-order valence-electron chi connectivity index (χ3n) is 4.36. The minimum Gasteiger partial charge on any atom is -0.491 e. The van der Waals surface area contributed by atoms with Gasteiger partial charge in [0.25, 0.3) is 5.56 Å². The van der Waals surface area contributed by atoms with Crippen molar-refractivity contribution in [3.8, 4) is 5.75 Å². The summed E-state index contributed by atoms with van der Waals surface area (Å²) in [5.41, 5.74) is -0.172. The van der Waals surface area contributed by atoms with Gasteiger partial charge in [-0.3, -0.25) is 14.3 Å². The first-order valence-electron chi connectivity index (χ1n) is 9.57. The molecule has 0 aliphatic rings. The summed E-state index contributed by atoms with van der Waals surface area (Å²) in [7, 11) is 5.25. The summed E-state index contributed by atoms with van der Waals surface area (Å²) in [4.78, 5) is 26.7. The molecule has 1 heterocycles. The Labute approximate surface area is 170 Å². The maximum absolute atomic E-state index is 12.5. The van der Waals surface area contributed by atoms with Crippen LogP contribution >= 0.6 is 0 Å². The van der Waals surface area contributed by atoms with Crippen molar-refractivity contribution in [3.05, 3.63) is 56.7 Å². The highest BCUT2D eigenvalue weighted by Gasteiger charge is 2.14. The Kier molecular flexibility index (Phi) is 8.44. The standard InChI is InChI=1S/C20H31N5O4/c1-15-18(24(4)20(28)25(19(15)27)14-23(2)3)22-11-10-21-12-16(26)13-29-17-8-6-5-7-9-17/h5-9,16,21-22,26H,10-14H2,1-4H3. The third kappa shape index (κ3) is 6.45. The largest absolute Gasteiger partial charge is 0.491 e. The lowest BCUT2D eigenvalue weighted by Crippen LogP contribution is -2.44. The van der Waals surface area contributed by atoms with Gasteiger partial charge >= 0.3 is 5.69 Å². The van der Waals surface area contributed by atoms with Gasteiger partial charge in [0.05, 0.1) is 12.2 Å². The molecule has 0 fully saturated rings. The van der Waals surface area contributed by atoms with Crippen molar-refractivity contribution in [2.45, 2.75) is 19.7 Å². The van der Waals surface area contributed by atoms with E-state index in [0.717, 1.165) is 0 Å². The van der Waals surface area contributed by atoms with Crippen LogP contribution in [0.15, 0.2) is 39.9 Å². The third-order valence-corrected chi connectivity index (χ3v) is 4.36. The highest BCUT2D eigenvalue weighted by atomic mass is 16.5. The predicted molar refractivity (Wildman–Crippen MR) is 114 cm³/mol. The number of ether oxygens (including phenoxy) is 1. The number of benzene rings is 1. The summed E-state index contributed by atoms with van der Waals surface area (Å²) in [6.07, 6.45) is -0.642. The van der Waals surface area contributed by atoms with Crippen LogP contribution in [0.1, 0.15) is 5.56 Å². The molecule has 0 radical (unpaired) electrons. The molecule has 1 unspecified atom stereocenters. The van der Waals surface area contributed by atoms with Gasteiger partial charge in [0.1, 0.15) is 24.3 Å². The van der Waals surface area contributed by atoms with Crippen molar-refractivity contribution < 1.29 is 9.84 Å². The van der Waals surface area contributed by atoms with Crippen LogP contribution < -0.4 is 26.6 Å². The van der Waals surface area contributed by atoms with Gasteiger partial charge in [0.15, 0.2) is 0 Å². The minimum absolute atomic E-state index is 0.197. The summed E-state index contributed by atoms with van der Waals surface area (Å²) in [6.45, 7) is 3.55. The van der Waals surface area contributed by atoms with Crippen LogP contribution in [-0.2, 0) is 13.7 Å². The Balaban J connectivity index is 1.81. The molecule has 0 bridgehead atoms. The number of hydrogen-bond acceptors (Lipinski definition) is 7. The van der Waals surface area contributed by atoms with E-state index in [1.165, 1.54) is 9.13 Å². The number of aromatic nitrogens is 2. The van der Waals surface area contributed by atoms with Crippen molar-refractivity contribution in [2.75, 3.05) is 45.7 Å². The first-order valence-corrected chi connectivity index (χ1v) is 9.57. The molecule has 0 aliphatic heterocycles. The first kappa shape index (κ1) is 22.7. The molecule has 1 atom stereocenters. The second kappa shape index (κ2) is 10.8. The van der Waals surface area contributed by atoms with Crippen LogP contribution in [0.3, 0.4) is 0 Å². The number of nitrogens with one attached hydrogen (secondary N) is 2. The number of nitrogens with zero attached hydrogens (tertiary/aromatic N) is 3. The Morgan fingerprint density at radius 3 is 2.52 bits per heavy atom. The van der Waals surface area contributed by atoms with E-state index in [4.69, 9.17) is 4.74 Å². The maximum Gasteiger partial charge on any atom is 0.333 e. The molecule has 0 spiro atoms. The molecule has 9 nitrogen and oxygen atoms in total. The van der Waals surface area contributed by atoms with Crippen molar-refractivity contribution in [1.29, 1.82) is 0 Å². The molecule has 3 N–H and O–H groups in total. The van der Waals surface area contributed by atoms with Gasteiger partial charge in [-0.25, -0.2) is 9.36 Å². The SMILES string of the molecule is Cc1c(NCCNCC(O)COc2ccccc2)n(C)c(=O)n(CN(C)C)c1=O. The fourth-order valence-electron chi connectivity index (χ4n) is 2.88. The zero-order chi connectivity index (χ0) is 21.4. The van der Waals surface area contributed by atoms with Crippen LogP contribution in [0.2, 0.25) is 0 Å². The van der Waals surface area contributed by atoms with Crippen LogP contribution in [0.25, 0.3) is 0 Å². The molecule has 0 saturated carbocycles. The number of rotatable bonds is 11. The lowest BCUT2D eigenvalue weighted by atomic mass is 10.3. The summed E-state index contributed by atoms with van der Waals surface area (Å²) in [5, 5.41) is 16.3. The molecule has 2 rings (SSSR count). The highest BCUT2D eigenvalue weighted by Crippen LogP contribution is 2.08. The Morgan fingerprint density at radius 2 is 1.86 bits per heavy atom. The first-order chi connectivity index (χ1) is 13.8. The number of anilines is 1. The molecular weight excluding hydrogens is 374 g/mol. The molecule has 0 saturated heterocycles. The average Bonchev–Trinajstić information content (AvgIpc) is 2.70. The van der Waals surface area contributed by atoms with E-state index >= 15 is 0 Å². The van der Waals surface area contributed by atoms with E-state index in [9.17, 15) is 14.7 Å². The van der Waals surface area contributed by atoms with Crippen molar-refractivity contribution in [1.82, 2.24) is 19.4 Å². The maximum atomic E-state index is 12.5. The smallest absolute Gasteiger partial charge is 0.333 e. The molecule has 0 aliphatic carbocycles.